The fourth-order valence-corrected chi connectivity index (χ4v) is 2.60. The van der Waals surface area contributed by atoms with Crippen molar-refractivity contribution in [3.8, 4) is 0 Å². The third-order valence-electron chi connectivity index (χ3n) is 3.86. The van der Waals surface area contributed by atoms with Crippen LogP contribution in [-0.4, -0.2) is 18.5 Å². The molecule has 3 heteroatoms. The minimum atomic E-state index is 0.0680. The van der Waals surface area contributed by atoms with E-state index in [4.69, 9.17) is 0 Å². The zero-order chi connectivity index (χ0) is 13.7. The van der Waals surface area contributed by atoms with Gasteiger partial charge in [-0.1, -0.05) is 42.7 Å². The second-order valence-corrected chi connectivity index (χ2v) is 5.56. The summed E-state index contributed by atoms with van der Waals surface area (Å²) in [4.78, 5) is 11.9. The van der Waals surface area contributed by atoms with Crippen LogP contribution in [0.4, 0.5) is 0 Å². The molecule has 1 aromatic rings. The molecular weight excluding hydrogens is 236 g/mol. The molecule has 1 saturated carbocycles. The van der Waals surface area contributed by atoms with Gasteiger partial charge in [-0.15, -0.1) is 0 Å². The Kier molecular flexibility index (Phi) is 4.97. The topological polar surface area (TPSA) is 41.1 Å². The molecule has 19 heavy (non-hydrogen) atoms. The number of nitrogens with one attached hydrogen (secondary N) is 2. The van der Waals surface area contributed by atoms with Crippen molar-refractivity contribution in [2.24, 2.45) is 0 Å². The van der Waals surface area contributed by atoms with Crippen LogP contribution in [0.5, 0.6) is 0 Å². The first kappa shape index (κ1) is 14.1. The van der Waals surface area contributed by atoms with Gasteiger partial charge in [-0.2, -0.15) is 0 Å². The highest BCUT2D eigenvalue weighted by Gasteiger charge is 2.16. The van der Waals surface area contributed by atoms with E-state index in [0.29, 0.717) is 12.6 Å². The molecule has 2 N–H and O–H groups in total. The monoisotopic (exact) mass is 260 g/mol. The van der Waals surface area contributed by atoms with Crippen LogP contribution in [-0.2, 0) is 4.79 Å². The van der Waals surface area contributed by atoms with Crippen molar-refractivity contribution >= 4 is 5.91 Å². The molecule has 3 nitrogen and oxygen atoms in total. The minimum absolute atomic E-state index is 0.0680. The lowest BCUT2D eigenvalue weighted by molar-refractivity contribution is -0.121. The number of aryl methyl sites for hydroxylation is 1. The van der Waals surface area contributed by atoms with E-state index < -0.39 is 0 Å². The van der Waals surface area contributed by atoms with Crippen molar-refractivity contribution in [2.75, 3.05) is 6.54 Å². The molecule has 0 heterocycles. The summed E-state index contributed by atoms with van der Waals surface area (Å²) in [5.41, 5.74) is 2.39. The van der Waals surface area contributed by atoms with Gasteiger partial charge in [0.25, 0.3) is 0 Å². The van der Waals surface area contributed by atoms with Gasteiger partial charge in [0.15, 0.2) is 0 Å². The van der Waals surface area contributed by atoms with Crippen molar-refractivity contribution in [1.29, 1.82) is 0 Å². The molecule has 1 aliphatic rings. The first-order valence-electron chi connectivity index (χ1n) is 7.24. The number of rotatable bonds is 5. The molecule has 0 radical (unpaired) electrons. The van der Waals surface area contributed by atoms with Crippen LogP contribution in [0.15, 0.2) is 24.3 Å². The lowest BCUT2D eigenvalue weighted by Gasteiger charge is -2.16. The lowest BCUT2D eigenvalue weighted by atomic mass is 10.1. The molecule has 104 valence electrons. The van der Waals surface area contributed by atoms with Crippen LogP contribution in [0.2, 0.25) is 0 Å². The van der Waals surface area contributed by atoms with E-state index in [1.54, 1.807) is 0 Å². The van der Waals surface area contributed by atoms with Gasteiger partial charge in [-0.05, 0) is 32.3 Å². The second-order valence-electron chi connectivity index (χ2n) is 5.56. The largest absolute Gasteiger partial charge is 0.348 e. The molecule has 0 aromatic heterocycles. The van der Waals surface area contributed by atoms with Crippen LogP contribution >= 0.6 is 0 Å². The molecule has 2 rings (SSSR count). The molecule has 1 aromatic carbocycles. The standard InChI is InChI=1S/C16H24N2O/c1-12-7-9-14(10-8-12)13(2)18-16(19)11-17-15-5-3-4-6-15/h7-10,13,15,17H,3-6,11H2,1-2H3,(H,18,19). The Morgan fingerprint density at radius 2 is 1.89 bits per heavy atom. The summed E-state index contributed by atoms with van der Waals surface area (Å²) >= 11 is 0. The van der Waals surface area contributed by atoms with Crippen molar-refractivity contribution in [3.63, 3.8) is 0 Å². The van der Waals surface area contributed by atoms with Crippen molar-refractivity contribution in [2.45, 2.75) is 51.6 Å². The number of amides is 1. The highest BCUT2D eigenvalue weighted by molar-refractivity contribution is 5.78. The van der Waals surface area contributed by atoms with Gasteiger partial charge < -0.3 is 10.6 Å². The Bertz CT molecular complexity index is 407. The van der Waals surface area contributed by atoms with E-state index in [1.807, 2.05) is 6.92 Å². The fourth-order valence-electron chi connectivity index (χ4n) is 2.60. The highest BCUT2D eigenvalue weighted by Crippen LogP contribution is 2.17. The molecule has 1 amide bonds. The van der Waals surface area contributed by atoms with Crippen molar-refractivity contribution in [1.82, 2.24) is 10.6 Å². The first-order chi connectivity index (χ1) is 9.15. The summed E-state index contributed by atoms with van der Waals surface area (Å²) in [5.74, 6) is 0.0833. The van der Waals surface area contributed by atoms with Gasteiger partial charge in [0.05, 0.1) is 12.6 Å². The number of hydrogen-bond donors (Lipinski definition) is 2. The summed E-state index contributed by atoms with van der Waals surface area (Å²) in [7, 11) is 0. The lowest BCUT2D eigenvalue weighted by Crippen LogP contribution is -2.39. The summed E-state index contributed by atoms with van der Waals surface area (Å²) in [6.45, 7) is 4.53. The van der Waals surface area contributed by atoms with Crippen LogP contribution in [0.1, 0.15) is 49.8 Å². The molecule has 0 saturated heterocycles. The molecule has 0 spiro atoms. The number of hydrogen-bond acceptors (Lipinski definition) is 2. The normalized spacial score (nSPS) is 17.4. The molecule has 1 atom stereocenters. The number of carbonyl (C=O) groups is 1. The maximum atomic E-state index is 11.9. The quantitative estimate of drug-likeness (QED) is 0.854. The van der Waals surface area contributed by atoms with E-state index in [0.717, 1.165) is 5.56 Å². The molecule has 0 aliphatic heterocycles. The minimum Gasteiger partial charge on any atom is -0.348 e. The number of carbonyl (C=O) groups excluding carboxylic acids is 1. The highest BCUT2D eigenvalue weighted by atomic mass is 16.1. The Hall–Kier alpha value is -1.35. The van der Waals surface area contributed by atoms with Crippen molar-refractivity contribution in [3.05, 3.63) is 35.4 Å². The molecular formula is C16H24N2O. The summed E-state index contributed by atoms with van der Waals surface area (Å²) < 4.78 is 0. The van der Waals surface area contributed by atoms with Crippen LogP contribution < -0.4 is 10.6 Å². The van der Waals surface area contributed by atoms with E-state index in [9.17, 15) is 4.79 Å². The Balaban J connectivity index is 1.76. The van der Waals surface area contributed by atoms with Crippen molar-refractivity contribution < 1.29 is 4.79 Å². The van der Waals surface area contributed by atoms with Gasteiger partial charge in [0.2, 0.25) is 5.91 Å². The van der Waals surface area contributed by atoms with E-state index in [-0.39, 0.29) is 11.9 Å². The summed E-state index contributed by atoms with van der Waals surface area (Å²) in [5, 5.41) is 6.37. The Labute approximate surface area is 115 Å². The summed E-state index contributed by atoms with van der Waals surface area (Å²) in [6, 6.07) is 8.91. The maximum Gasteiger partial charge on any atom is 0.234 e. The predicted molar refractivity (Wildman–Crippen MR) is 78.0 cm³/mol. The Morgan fingerprint density at radius 1 is 1.26 bits per heavy atom. The molecule has 1 unspecified atom stereocenters. The Morgan fingerprint density at radius 3 is 2.53 bits per heavy atom. The zero-order valence-corrected chi connectivity index (χ0v) is 11.9. The summed E-state index contributed by atoms with van der Waals surface area (Å²) in [6.07, 6.45) is 5.00. The fraction of sp³-hybridized carbons (Fsp3) is 0.562. The van der Waals surface area contributed by atoms with Crippen LogP contribution in [0.25, 0.3) is 0 Å². The van der Waals surface area contributed by atoms with Crippen LogP contribution in [0, 0.1) is 6.92 Å². The van der Waals surface area contributed by atoms with E-state index in [2.05, 4.69) is 41.8 Å². The second kappa shape index (κ2) is 6.71. The third-order valence-corrected chi connectivity index (χ3v) is 3.86. The van der Waals surface area contributed by atoms with Gasteiger partial charge in [-0.25, -0.2) is 0 Å². The number of benzene rings is 1. The van der Waals surface area contributed by atoms with Gasteiger partial charge in [0, 0.05) is 6.04 Å². The first-order valence-corrected chi connectivity index (χ1v) is 7.24. The van der Waals surface area contributed by atoms with Crippen LogP contribution in [0.3, 0.4) is 0 Å². The average molecular weight is 260 g/mol. The van der Waals surface area contributed by atoms with Gasteiger partial charge >= 0.3 is 0 Å². The van der Waals surface area contributed by atoms with Gasteiger partial charge in [-0.3, -0.25) is 4.79 Å². The SMILES string of the molecule is Cc1ccc(C(C)NC(=O)CNC2CCCC2)cc1. The molecule has 1 fully saturated rings. The predicted octanol–water partition coefficient (Wildman–Crippen LogP) is 2.70. The van der Waals surface area contributed by atoms with E-state index in [1.165, 1.54) is 31.2 Å². The molecule has 1 aliphatic carbocycles. The maximum absolute atomic E-state index is 11.9. The average Bonchev–Trinajstić information content (AvgIpc) is 2.90. The smallest absolute Gasteiger partial charge is 0.234 e. The third kappa shape index (κ3) is 4.35. The van der Waals surface area contributed by atoms with E-state index >= 15 is 0 Å². The molecule has 0 bridgehead atoms. The zero-order valence-electron chi connectivity index (χ0n) is 11.9. The van der Waals surface area contributed by atoms with Gasteiger partial charge in [0.1, 0.15) is 0 Å².